The summed E-state index contributed by atoms with van der Waals surface area (Å²) >= 11 is 1.81. The normalized spacial score (nSPS) is 15.9. The molecular weight excluding hydrogens is 384 g/mol. The van der Waals surface area contributed by atoms with Crippen LogP contribution in [-0.4, -0.2) is 50.1 Å². The summed E-state index contributed by atoms with van der Waals surface area (Å²) in [5, 5.41) is 8.98. The van der Waals surface area contributed by atoms with Crippen LogP contribution >= 0.6 is 11.3 Å². The lowest BCUT2D eigenvalue weighted by Crippen LogP contribution is -2.42. The highest BCUT2D eigenvalue weighted by molar-refractivity contribution is 7.10. The van der Waals surface area contributed by atoms with E-state index in [1.165, 1.54) is 17.7 Å². The van der Waals surface area contributed by atoms with Gasteiger partial charge >= 0.3 is 5.97 Å². The number of benzene rings is 1. The Morgan fingerprint density at radius 3 is 2.59 bits per heavy atom. The minimum Gasteiger partial charge on any atom is -0.462 e. The number of likely N-dealkylation sites (tertiary alicyclic amines) is 1. The molecule has 0 amide bonds. The van der Waals surface area contributed by atoms with E-state index in [0.29, 0.717) is 24.8 Å². The van der Waals surface area contributed by atoms with Crippen LogP contribution < -0.4 is 10.6 Å². The van der Waals surface area contributed by atoms with Gasteiger partial charge < -0.3 is 15.4 Å². The second kappa shape index (κ2) is 11.0. The summed E-state index contributed by atoms with van der Waals surface area (Å²) in [7, 11) is 1.79. The molecule has 0 aliphatic carbocycles. The van der Waals surface area contributed by atoms with Crippen LogP contribution in [0.15, 0.2) is 46.8 Å². The Bertz CT molecular complexity index is 784. The number of hydrogen-bond donors (Lipinski definition) is 2. The van der Waals surface area contributed by atoms with Gasteiger partial charge in [0.1, 0.15) is 0 Å². The largest absolute Gasteiger partial charge is 0.462 e. The Hall–Kier alpha value is -2.38. The molecule has 1 saturated heterocycles. The molecule has 6 nitrogen and oxygen atoms in total. The van der Waals surface area contributed by atoms with Gasteiger partial charge in [-0.05, 0) is 62.0 Å². The Kier molecular flexibility index (Phi) is 8.07. The number of guanidine groups is 1. The van der Waals surface area contributed by atoms with Crippen LogP contribution in [0.4, 0.5) is 0 Å². The molecule has 0 radical (unpaired) electrons. The van der Waals surface area contributed by atoms with Gasteiger partial charge in [0.15, 0.2) is 5.96 Å². The van der Waals surface area contributed by atoms with Crippen LogP contribution in [0.5, 0.6) is 0 Å². The summed E-state index contributed by atoms with van der Waals surface area (Å²) < 4.78 is 5.02. The molecule has 0 bridgehead atoms. The fourth-order valence-electron chi connectivity index (χ4n) is 3.52. The summed E-state index contributed by atoms with van der Waals surface area (Å²) in [4.78, 5) is 20.1. The number of nitrogens with one attached hydrogen (secondary N) is 2. The number of aliphatic imine (C=N–C) groups is 1. The van der Waals surface area contributed by atoms with Gasteiger partial charge in [-0.1, -0.05) is 18.2 Å². The Morgan fingerprint density at radius 1 is 1.21 bits per heavy atom. The van der Waals surface area contributed by atoms with Crippen LogP contribution in [0.25, 0.3) is 0 Å². The summed E-state index contributed by atoms with van der Waals surface area (Å²) in [5.41, 5.74) is 1.65. The van der Waals surface area contributed by atoms with Gasteiger partial charge in [0.25, 0.3) is 0 Å². The Morgan fingerprint density at radius 2 is 1.97 bits per heavy atom. The fraction of sp³-hybridized carbons (Fsp3) is 0.455. The maximum Gasteiger partial charge on any atom is 0.338 e. The van der Waals surface area contributed by atoms with E-state index in [-0.39, 0.29) is 5.97 Å². The molecule has 1 aromatic heterocycles. The van der Waals surface area contributed by atoms with Crippen molar-refractivity contribution in [1.29, 1.82) is 0 Å². The van der Waals surface area contributed by atoms with Crippen LogP contribution in [0.1, 0.15) is 46.6 Å². The quantitative estimate of drug-likeness (QED) is 0.394. The third-order valence-electron chi connectivity index (χ3n) is 5.06. The summed E-state index contributed by atoms with van der Waals surface area (Å²) in [5.74, 6) is 0.492. The van der Waals surface area contributed by atoms with Crippen molar-refractivity contribution in [2.45, 2.75) is 32.4 Å². The monoisotopic (exact) mass is 414 g/mol. The number of esters is 1. The molecule has 1 fully saturated rings. The fourth-order valence-corrected chi connectivity index (χ4v) is 4.38. The van der Waals surface area contributed by atoms with Crippen molar-refractivity contribution in [2.24, 2.45) is 4.99 Å². The number of ether oxygens (including phenoxy) is 1. The highest BCUT2D eigenvalue weighted by atomic mass is 32.1. The van der Waals surface area contributed by atoms with Crippen LogP contribution in [-0.2, 0) is 11.3 Å². The first-order valence-electron chi connectivity index (χ1n) is 10.2. The maximum absolute atomic E-state index is 11.8. The lowest BCUT2D eigenvalue weighted by molar-refractivity contribution is 0.0526. The molecule has 156 valence electrons. The lowest BCUT2D eigenvalue weighted by atomic mass is 10.1. The van der Waals surface area contributed by atoms with E-state index in [4.69, 9.17) is 4.74 Å². The third-order valence-corrected chi connectivity index (χ3v) is 6.04. The molecule has 1 aliphatic rings. The topological polar surface area (TPSA) is 66.0 Å². The first kappa shape index (κ1) is 21.3. The third kappa shape index (κ3) is 6.05. The first-order valence-corrected chi connectivity index (χ1v) is 11.1. The van der Waals surface area contributed by atoms with Crippen molar-refractivity contribution < 1.29 is 9.53 Å². The predicted octanol–water partition coefficient (Wildman–Crippen LogP) is 3.43. The molecule has 0 saturated carbocycles. The standard InChI is InChI=1S/C22H30N4O2S/c1-3-28-21(27)18-10-8-17(9-11-18)15-24-22(23-2)25-16-19(20-7-6-14-29-20)26-12-4-5-13-26/h6-11,14,19H,3-5,12-13,15-16H2,1-2H3,(H2,23,24,25). The van der Waals surface area contributed by atoms with Crippen molar-refractivity contribution in [3.05, 3.63) is 57.8 Å². The maximum atomic E-state index is 11.8. The second-order valence-corrected chi connectivity index (χ2v) is 7.98. The molecule has 2 aromatic rings. The van der Waals surface area contributed by atoms with E-state index in [2.05, 4.69) is 38.0 Å². The van der Waals surface area contributed by atoms with Gasteiger partial charge in [0, 0.05) is 25.0 Å². The van der Waals surface area contributed by atoms with Crippen LogP contribution in [0.2, 0.25) is 0 Å². The van der Waals surface area contributed by atoms with Crippen molar-refractivity contribution in [3.63, 3.8) is 0 Å². The van der Waals surface area contributed by atoms with Gasteiger partial charge in [-0.15, -0.1) is 11.3 Å². The lowest BCUT2D eigenvalue weighted by Gasteiger charge is -2.27. The molecule has 1 aliphatic heterocycles. The molecule has 2 heterocycles. The van der Waals surface area contributed by atoms with Gasteiger partial charge in [-0.2, -0.15) is 0 Å². The Balaban J connectivity index is 1.53. The average Bonchev–Trinajstić information content (AvgIpc) is 3.46. The smallest absolute Gasteiger partial charge is 0.338 e. The van der Waals surface area contributed by atoms with Gasteiger partial charge in [0.05, 0.1) is 18.2 Å². The predicted molar refractivity (Wildman–Crippen MR) is 118 cm³/mol. The second-order valence-electron chi connectivity index (χ2n) is 7.00. The summed E-state index contributed by atoms with van der Waals surface area (Å²) in [6.07, 6.45) is 2.55. The number of carbonyl (C=O) groups is 1. The average molecular weight is 415 g/mol. The van der Waals surface area contributed by atoms with Crippen molar-refractivity contribution >= 4 is 23.3 Å². The molecule has 1 atom stereocenters. The highest BCUT2D eigenvalue weighted by Gasteiger charge is 2.24. The van der Waals surface area contributed by atoms with Crippen molar-refractivity contribution in [1.82, 2.24) is 15.5 Å². The highest BCUT2D eigenvalue weighted by Crippen LogP contribution is 2.27. The SMILES string of the molecule is CCOC(=O)c1ccc(CNC(=NC)NCC(c2cccs2)N2CCCC2)cc1. The Labute approximate surface area is 177 Å². The molecule has 1 unspecified atom stereocenters. The minimum absolute atomic E-state index is 0.286. The molecule has 3 rings (SSSR count). The van der Waals surface area contributed by atoms with Crippen molar-refractivity contribution in [3.8, 4) is 0 Å². The number of thiophene rings is 1. The molecule has 29 heavy (non-hydrogen) atoms. The number of rotatable bonds is 8. The number of nitrogens with zero attached hydrogens (tertiary/aromatic N) is 2. The molecule has 0 spiro atoms. The van der Waals surface area contributed by atoms with Crippen LogP contribution in [0, 0.1) is 0 Å². The zero-order valence-corrected chi connectivity index (χ0v) is 18.0. The van der Waals surface area contributed by atoms with Gasteiger partial charge in [0.2, 0.25) is 0 Å². The zero-order chi connectivity index (χ0) is 20.5. The van der Waals surface area contributed by atoms with E-state index >= 15 is 0 Å². The van der Waals surface area contributed by atoms with E-state index in [0.717, 1.165) is 31.2 Å². The van der Waals surface area contributed by atoms with Crippen LogP contribution in [0.3, 0.4) is 0 Å². The summed E-state index contributed by atoms with van der Waals surface area (Å²) in [6.45, 7) is 5.96. The number of hydrogen-bond acceptors (Lipinski definition) is 5. The van der Waals surface area contributed by atoms with Gasteiger partial charge in [-0.25, -0.2) is 4.79 Å². The van der Waals surface area contributed by atoms with Gasteiger partial charge in [-0.3, -0.25) is 9.89 Å². The molecule has 2 N–H and O–H groups in total. The first-order chi connectivity index (χ1) is 14.2. The van der Waals surface area contributed by atoms with E-state index < -0.39 is 0 Å². The summed E-state index contributed by atoms with van der Waals surface area (Å²) in [6, 6.07) is 12.2. The van der Waals surface area contributed by atoms with E-state index in [9.17, 15) is 4.79 Å². The van der Waals surface area contributed by atoms with Crippen molar-refractivity contribution in [2.75, 3.05) is 33.3 Å². The molecular formula is C22H30N4O2S. The minimum atomic E-state index is -0.286. The van der Waals surface area contributed by atoms with E-state index in [1.54, 1.807) is 19.2 Å². The zero-order valence-electron chi connectivity index (χ0n) is 17.2. The molecule has 1 aromatic carbocycles. The van der Waals surface area contributed by atoms with E-state index in [1.807, 2.05) is 30.4 Å². The molecule has 7 heteroatoms. The number of carbonyl (C=O) groups excluding carboxylic acids is 1.